The molecule has 15 heteroatoms. The van der Waals surface area contributed by atoms with E-state index in [1.165, 1.54) is 4.90 Å². The first-order valence-corrected chi connectivity index (χ1v) is 23.9. The highest BCUT2D eigenvalue weighted by Crippen LogP contribution is 2.58. The lowest BCUT2D eigenvalue weighted by molar-refractivity contribution is -0.195. The number of carbonyl (C=O) groups excluding carboxylic acids is 4. The molecule has 13 nitrogen and oxygen atoms in total. The van der Waals surface area contributed by atoms with E-state index in [-0.39, 0.29) is 42.8 Å². The second-order valence-corrected chi connectivity index (χ2v) is 21.1. The maximum atomic E-state index is 14.1. The van der Waals surface area contributed by atoms with Crippen LogP contribution < -0.4 is 15.4 Å². The fourth-order valence-electron chi connectivity index (χ4n) is 9.63. The molecule has 0 bridgehead atoms. The number of ether oxygens (including phenoxy) is 2. The van der Waals surface area contributed by atoms with E-state index in [1.807, 2.05) is 86.6 Å². The van der Waals surface area contributed by atoms with Crippen LogP contribution in [-0.4, -0.2) is 101 Å². The van der Waals surface area contributed by atoms with Crippen molar-refractivity contribution in [3.63, 3.8) is 0 Å². The number of aliphatic hydroxyl groups is 1. The monoisotopic (exact) mass is 965 g/mol. The summed E-state index contributed by atoms with van der Waals surface area (Å²) >= 11 is 7.82. The smallest absolute Gasteiger partial charge is 0.253 e. The van der Waals surface area contributed by atoms with Gasteiger partial charge in [-0.3, -0.25) is 19.2 Å². The summed E-state index contributed by atoms with van der Waals surface area (Å²) in [5.41, 5.74) is 3.46. The highest BCUT2D eigenvalue weighted by molar-refractivity contribution is 7.13. The van der Waals surface area contributed by atoms with Crippen LogP contribution in [0.5, 0.6) is 5.75 Å². The Kier molecular flexibility index (Phi) is 14.8. The standard InChI is InChI=1S/C53H63ClN6O7S/c1-32(35-20-22-36(23-21-35)44-33(2)56-31-68-44)57-46(63)42-27-38(61)29-60(42)48(65)45(51(3,4)5)58-43(62)30-66-26-14-12-13-15-34-16-18-37(19-17-34)47(64)59(11)49-52(6,7)50(53(49,8)9)67-39-24-25-41(55-10)40(54)28-39/h16-25,28,31-32,38,42,45,49-50,61H,12,14,26-27,29-30H2,1-9,11H3,(H,57,63)(H,58,62)/t32-,38+,42-,45+,49?,50?/m0/s1/i11D3. The second-order valence-electron chi connectivity index (χ2n) is 19.9. The number of hydrogen-bond donors (Lipinski definition) is 3. The van der Waals surface area contributed by atoms with Crippen LogP contribution in [-0.2, 0) is 19.1 Å². The molecule has 1 saturated carbocycles. The Morgan fingerprint density at radius 2 is 1.76 bits per heavy atom. The number of β-amino-alcohol motifs (C(OH)–C–C–N with tert-alkyl or cyclic N) is 1. The average Bonchev–Trinajstić information content (AvgIpc) is 3.92. The quantitative estimate of drug-likeness (QED) is 0.0607. The van der Waals surface area contributed by atoms with E-state index in [9.17, 15) is 24.3 Å². The second kappa shape index (κ2) is 21.3. The normalized spacial score (nSPS) is 21.0. The molecular weight excluding hydrogens is 900 g/mol. The number of amides is 4. The van der Waals surface area contributed by atoms with Crippen molar-refractivity contribution in [3.05, 3.63) is 111 Å². The zero-order chi connectivity index (χ0) is 52.2. The molecule has 4 amide bonds. The number of halogens is 1. The number of aliphatic hydroxyl groups excluding tert-OH is 1. The van der Waals surface area contributed by atoms with E-state index in [0.717, 1.165) is 26.6 Å². The number of carbonyl (C=O) groups is 4. The Bertz CT molecular complexity index is 2690. The van der Waals surface area contributed by atoms with Gasteiger partial charge in [0.25, 0.3) is 5.91 Å². The number of thiazole rings is 1. The summed E-state index contributed by atoms with van der Waals surface area (Å²) in [6, 6.07) is 16.1. The van der Waals surface area contributed by atoms with E-state index in [2.05, 4.69) is 32.3 Å². The first-order valence-electron chi connectivity index (χ1n) is 24.2. The molecule has 3 N–H and O–H groups in total. The Balaban J connectivity index is 0.975. The molecule has 0 spiro atoms. The predicted molar refractivity (Wildman–Crippen MR) is 265 cm³/mol. The van der Waals surface area contributed by atoms with Crippen molar-refractivity contribution in [1.29, 1.82) is 0 Å². The Morgan fingerprint density at radius 3 is 2.37 bits per heavy atom. The third-order valence-electron chi connectivity index (χ3n) is 12.8. The van der Waals surface area contributed by atoms with Gasteiger partial charge < -0.3 is 35.0 Å². The molecule has 0 unspecified atom stereocenters. The van der Waals surface area contributed by atoms with Crippen LogP contribution in [0.2, 0.25) is 5.02 Å². The summed E-state index contributed by atoms with van der Waals surface area (Å²) < 4.78 is 37.3. The van der Waals surface area contributed by atoms with Crippen molar-refractivity contribution in [2.24, 2.45) is 16.2 Å². The molecule has 6 rings (SSSR count). The number of aryl methyl sites for hydroxylation is 1. The van der Waals surface area contributed by atoms with Gasteiger partial charge in [0.2, 0.25) is 23.4 Å². The number of rotatable bonds is 15. The predicted octanol–water partition coefficient (Wildman–Crippen LogP) is 8.80. The van der Waals surface area contributed by atoms with Crippen LogP contribution in [0.15, 0.2) is 72.2 Å². The molecule has 2 aliphatic rings. The van der Waals surface area contributed by atoms with E-state index in [0.29, 0.717) is 29.8 Å². The lowest BCUT2D eigenvalue weighted by Gasteiger charge is -2.65. The number of unbranched alkanes of at least 4 members (excludes halogenated alkanes) is 1. The van der Waals surface area contributed by atoms with Gasteiger partial charge in [-0.1, -0.05) is 102 Å². The summed E-state index contributed by atoms with van der Waals surface area (Å²) in [7, 11) is 0. The number of nitrogens with zero attached hydrogens (tertiary/aromatic N) is 4. The van der Waals surface area contributed by atoms with Gasteiger partial charge in [0.05, 0.1) is 39.8 Å². The third-order valence-corrected chi connectivity index (χ3v) is 14.1. The van der Waals surface area contributed by atoms with Crippen molar-refractivity contribution in [2.75, 3.05) is 26.7 Å². The number of nitrogens with one attached hydrogen (secondary N) is 2. The van der Waals surface area contributed by atoms with Gasteiger partial charge >= 0.3 is 0 Å². The molecule has 3 aromatic carbocycles. The molecule has 1 saturated heterocycles. The molecule has 4 atom stereocenters. The van der Waals surface area contributed by atoms with E-state index >= 15 is 0 Å². The Hall–Kier alpha value is -5.77. The molecule has 2 fully saturated rings. The van der Waals surface area contributed by atoms with Gasteiger partial charge in [0, 0.05) is 65.1 Å². The van der Waals surface area contributed by atoms with Crippen LogP contribution in [0.3, 0.4) is 0 Å². The summed E-state index contributed by atoms with van der Waals surface area (Å²) in [4.78, 5) is 66.0. The van der Waals surface area contributed by atoms with Crippen molar-refractivity contribution in [1.82, 2.24) is 25.4 Å². The van der Waals surface area contributed by atoms with Crippen LogP contribution in [0.4, 0.5) is 5.69 Å². The van der Waals surface area contributed by atoms with Crippen LogP contribution in [0.25, 0.3) is 15.3 Å². The van der Waals surface area contributed by atoms with Gasteiger partial charge in [-0.15, -0.1) is 11.3 Å². The van der Waals surface area contributed by atoms with Gasteiger partial charge in [-0.2, -0.15) is 0 Å². The summed E-state index contributed by atoms with van der Waals surface area (Å²) in [6.07, 6.45) is -0.393. The lowest BCUT2D eigenvalue weighted by Crippen LogP contribution is -2.74. The van der Waals surface area contributed by atoms with Crippen LogP contribution >= 0.6 is 22.9 Å². The zero-order valence-corrected chi connectivity index (χ0v) is 41.7. The molecular formula is C53H63ClN6O7S. The largest absolute Gasteiger partial charge is 0.489 e. The fraction of sp³-hybridized carbons (Fsp3) is 0.472. The first kappa shape index (κ1) is 47.3. The molecule has 1 aliphatic carbocycles. The molecule has 4 aromatic rings. The van der Waals surface area contributed by atoms with Crippen molar-refractivity contribution in [3.8, 4) is 28.0 Å². The average molecular weight is 967 g/mol. The van der Waals surface area contributed by atoms with E-state index < -0.39 is 77.2 Å². The zero-order valence-electron chi connectivity index (χ0n) is 43.1. The van der Waals surface area contributed by atoms with E-state index in [4.69, 9.17) is 31.8 Å². The van der Waals surface area contributed by atoms with Crippen molar-refractivity contribution < 1.29 is 37.9 Å². The van der Waals surface area contributed by atoms with Gasteiger partial charge in [0.1, 0.15) is 30.5 Å². The first-order chi connectivity index (χ1) is 33.2. The molecule has 360 valence electrons. The van der Waals surface area contributed by atoms with Crippen molar-refractivity contribution in [2.45, 2.75) is 118 Å². The Morgan fingerprint density at radius 1 is 1.07 bits per heavy atom. The maximum absolute atomic E-state index is 14.1. The summed E-state index contributed by atoms with van der Waals surface area (Å²) in [5.74, 6) is 4.54. The minimum absolute atomic E-state index is 0.0469. The summed E-state index contributed by atoms with van der Waals surface area (Å²) in [6.45, 7) is 21.1. The van der Waals surface area contributed by atoms with Gasteiger partial charge in [0.15, 0.2) is 0 Å². The van der Waals surface area contributed by atoms with Gasteiger partial charge in [-0.25, -0.2) is 9.83 Å². The molecule has 1 aliphatic heterocycles. The lowest BCUT2D eigenvalue weighted by atomic mass is 9.49. The van der Waals surface area contributed by atoms with Crippen LogP contribution in [0.1, 0.15) is 112 Å². The minimum atomic E-state index is -2.76. The molecule has 1 aromatic heterocycles. The van der Waals surface area contributed by atoms with Crippen molar-refractivity contribution >= 4 is 52.3 Å². The number of hydrogen-bond acceptors (Lipinski definition) is 9. The van der Waals surface area contributed by atoms with E-state index in [1.54, 1.807) is 59.3 Å². The third kappa shape index (κ3) is 11.6. The number of aromatic nitrogens is 1. The fourth-order valence-corrected chi connectivity index (χ4v) is 10.7. The Labute approximate surface area is 414 Å². The highest BCUT2D eigenvalue weighted by atomic mass is 35.5. The number of likely N-dealkylation sites (tertiary alicyclic amines) is 1. The maximum Gasteiger partial charge on any atom is 0.253 e. The number of benzene rings is 3. The molecule has 0 radical (unpaired) electrons. The summed E-state index contributed by atoms with van der Waals surface area (Å²) in [5, 5.41) is 16.7. The minimum Gasteiger partial charge on any atom is -0.489 e. The topological polar surface area (TPSA) is 155 Å². The molecule has 2 heterocycles. The van der Waals surface area contributed by atoms with Crippen LogP contribution in [0, 0.1) is 41.6 Å². The highest BCUT2D eigenvalue weighted by Gasteiger charge is 2.65. The SMILES string of the molecule is [2H]C([2H])([2H])N(C(=O)c1ccc(C#CCCCOCC(=O)N[C@H](C(=O)N2C[C@H](O)C[C@H]2C(=O)N[C@@H](C)c2ccc(-c3scnc3C)cc2)C(C)(C)C)cc1)C1C(C)(C)C(Oc2ccc([N+]#[C-])c(Cl)c2)C1(C)C. The van der Waals surface area contributed by atoms with Gasteiger partial charge in [-0.05, 0) is 73.2 Å². The molecule has 68 heavy (non-hydrogen) atoms.